The Balaban J connectivity index is 1.43. The molecule has 2 heterocycles. The molecule has 0 radical (unpaired) electrons. The summed E-state index contributed by atoms with van der Waals surface area (Å²) >= 11 is 1.05. The van der Waals surface area contributed by atoms with Crippen LogP contribution in [-0.2, 0) is 26.0 Å². The Morgan fingerprint density at radius 2 is 1.83 bits per heavy atom. The van der Waals surface area contributed by atoms with E-state index in [0.29, 0.717) is 25.9 Å². The number of benzene rings is 1. The lowest BCUT2D eigenvalue weighted by Gasteiger charge is -2.15. The summed E-state index contributed by atoms with van der Waals surface area (Å²) in [5.74, 6) is -0.809. The summed E-state index contributed by atoms with van der Waals surface area (Å²) in [4.78, 5) is 24.4. The molecular weight excluding hydrogens is 424 g/mol. The van der Waals surface area contributed by atoms with E-state index in [4.69, 9.17) is 4.74 Å². The van der Waals surface area contributed by atoms with Crippen molar-refractivity contribution in [1.29, 1.82) is 0 Å². The van der Waals surface area contributed by atoms with E-state index < -0.39 is 16.0 Å². The van der Waals surface area contributed by atoms with E-state index in [-0.39, 0.29) is 28.8 Å². The molecule has 0 bridgehead atoms. The largest absolute Gasteiger partial charge is 0.460 e. The van der Waals surface area contributed by atoms with E-state index in [1.54, 1.807) is 5.38 Å². The maximum absolute atomic E-state index is 12.7. The lowest BCUT2D eigenvalue weighted by atomic mass is 10.1. The summed E-state index contributed by atoms with van der Waals surface area (Å²) in [7, 11) is -3.68. The molecule has 1 fully saturated rings. The quantitative estimate of drug-likeness (QED) is 0.468. The summed E-state index contributed by atoms with van der Waals surface area (Å²) in [5.41, 5.74) is 2.26. The van der Waals surface area contributed by atoms with Gasteiger partial charge in [0.2, 0.25) is 15.9 Å². The predicted molar refractivity (Wildman–Crippen MR) is 115 cm³/mol. The minimum Gasteiger partial charge on any atom is -0.460 e. The molecule has 1 aromatic heterocycles. The molecule has 0 spiro atoms. The molecule has 1 saturated heterocycles. The fourth-order valence-corrected chi connectivity index (χ4v) is 6.02. The highest BCUT2D eigenvalue weighted by atomic mass is 32.2. The maximum Gasteiger partial charge on any atom is 0.349 e. The predicted octanol–water partition coefficient (Wildman–Crippen LogP) is 2.75. The van der Waals surface area contributed by atoms with Crippen molar-refractivity contribution in [2.75, 3.05) is 26.2 Å². The molecule has 1 aliphatic heterocycles. The van der Waals surface area contributed by atoms with Crippen LogP contribution in [0.5, 0.6) is 0 Å². The summed E-state index contributed by atoms with van der Waals surface area (Å²) < 4.78 is 32.0. The van der Waals surface area contributed by atoms with Gasteiger partial charge in [0.15, 0.2) is 0 Å². The molecule has 1 amide bonds. The number of sulfonamides is 1. The van der Waals surface area contributed by atoms with Gasteiger partial charge in [0.25, 0.3) is 0 Å². The Labute approximate surface area is 181 Å². The first-order valence-electron chi connectivity index (χ1n) is 9.95. The van der Waals surface area contributed by atoms with Crippen molar-refractivity contribution in [2.24, 2.45) is 0 Å². The van der Waals surface area contributed by atoms with Crippen LogP contribution >= 0.6 is 11.3 Å². The zero-order valence-corrected chi connectivity index (χ0v) is 18.6. The Morgan fingerprint density at radius 1 is 1.13 bits per heavy atom. The highest BCUT2D eigenvalue weighted by Crippen LogP contribution is 2.28. The Hall–Kier alpha value is -2.23. The van der Waals surface area contributed by atoms with E-state index >= 15 is 0 Å². The van der Waals surface area contributed by atoms with Gasteiger partial charge in [-0.05, 0) is 43.2 Å². The zero-order valence-electron chi connectivity index (χ0n) is 16.9. The summed E-state index contributed by atoms with van der Waals surface area (Å²) in [6.07, 6.45) is 2.64. The third-order valence-electron chi connectivity index (χ3n) is 4.92. The molecule has 9 heteroatoms. The van der Waals surface area contributed by atoms with Crippen LogP contribution in [0.3, 0.4) is 0 Å². The number of nitrogens with one attached hydrogen (secondary N) is 1. The van der Waals surface area contributed by atoms with Gasteiger partial charge in [-0.15, -0.1) is 11.3 Å². The van der Waals surface area contributed by atoms with Crippen LogP contribution in [0.25, 0.3) is 0 Å². The minimum absolute atomic E-state index is 0.00142. The average molecular weight is 451 g/mol. The van der Waals surface area contributed by atoms with Crippen LogP contribution in [0.15, 0.2) is 40.6 Å². The number of aryl methyl sites for hydroxylation is 2. The molecule has 1 aliphatic rings. The topological polar surface area (TPSA) is 92.8 Å². The third kappa shape index (κ3) is 5.68. The van der Waals surface area contributed by atoms with Gasteiger partial charge in [0.05, 0.1) is 6.54 Å². The lowest BCUT2D eigenvalue weighted by molar-refractivity contribution is -0.121. The standard InChI is InChI=1S/C21H26N2O5S2/c1-16-4-6-17(7-5-16)8-9-19(24)22-11-14-28-21(25)20-18(10-15-29-20)30(26,27)23-12-2-3-13-23/h4-7,10,15H,2-3,8-9,11-14H2,1H3,(H,22,24). The lowest BCUT2D eigenvalue weighted by Crippen LogP contribution is -2.30. The first-order chi connectivity index (χ1) is 14.4. The summed E-state index contributed by atoms with van der Waals surface area (Å²) in [5, 5.41) is 4.29. The first kappa shape index (κ1) is 22.5. The number of nitrogens with zero attached hydrogens (tertiary/aromatic N) is 1. The second-order valence-electron chi connectivity index (χ2n) is 7.20. The van der Waals surface area contributed by atoms with E-state index in [9.17, 15) is 18.0 Å². The molecule has 2 aromatic rings. The number of amides is 1. The number of hydrogen-bond donors (Lipinski definition) is 1. The van der Waals surface area contributed by atoms with Gasteiger partial charge < -0.3 is 10.1 Å². The van der Waals surface area contributed by atoms with Crippen molar-refractivity contribution in [3.63, 3.8) is 0 Å². The number of thiophene rings is 1. The Kier molecular flexibility index (Phi) is 7.63. The summed E-state index contributed by atoms with van der Waals surface area (Å²) in [6.45, 7) is 3.12. The minimum atomic E-state index is -3.68. The first-order valence-corrected chi connectivity index (χ1v) is 12.3. The van der Waals surface area contributed by atoms with Crippen LogP contribution in [0.4, 0.5) is 0 Å². The molecule has 30 heavy (non-hydrogen) atoms. The number of carbonyl (C=O) groups is 2. The van der Waals surface area contributed by atoms with Crippen molar-refractivity contribution in [3.8, 4) is 0 Å². The summed E-state index contributed by atoms with van der Waals surface area (Å²) in [6, 6.07) is 9.46. The smallest absolute Gasteiger partial charge is 0.349 e. The molecule has 7 nitrogen and oxygen atoms in total. The van der Waals surface area contributed by atoms with Gasteiger partial charge >= 0.3 is 5.97 Å². The number of carbonyl (C=O) groups excluding carboxylic acids is 2. The average Bonchev–Trinajstić information content (AvgIpc) is 3.43. The number of ether oxygens (including phenoxy) is 1. The second-order valence-corrected chi connectivity index (χ2v) is 10.0. The molecule has 1 aromatic carbocycles. The molecule has 162 valence electrons. The van der Waals surface area contributed by atoms with Gasteiger partial charge in [0.1, 0.15) is 16.4 Å². The third-order valence-corrected chi connectivity index (χ3v) is 7.88. The van der Waals surface area contributed by atoms with E-state index in [1.165, 1.54) is 15.9 Å². The number of hydrogen-bond acceptors (Lipinski definition) is 6. The van der Waals surface area contributed by atoms with Crippen molar-refractivity contribution >= 4 is 33.2 Å². The van der Waals surface area contributed by atoms with Crippen molar-refractivity contribution in [2.45, 2.75) is 37.5 Å². The van der Waals surface area contributed by atoms with Crippen LogP contribution < -0.4 is 5.32 Å². The van der Waals surface area contributed by atoms with Crippen molar-refractivity contribution in [1.82, 2.24) is 9.62 Å². The van der Waals surface area contributed by atoms with Crippen LogP contribution in [0, 0.1) is 6.92 Å². The SMILES string of the molecule is Cc1ccc(CCC(=O)NCCOC(=O)c2sccc2S(=O)(=O)N2CCCC2)cc1. The molecular formula is C21H26N2O5S2. The molecule has 0 unspecified atom stereocenters. The second kappa shape index (κ2) is 10.2. The number of rotatable bonds is 9. The van der Waals surface area contributed by atoms with Gasteiger partial charge in [-0.2, -0.15) is 4.31 Å². The van der Waals surface area contributed by atoms with Gasteiger partial charge in [-0.25, -0.2) is 13.2 Å². The molecule has 3 rings (SSSR count). The fourth-order valence-electron chi connectivity index (χ4n) is 3.22. The fraction of sp³-hybridized carbons (Fsp3) is 0.429. The Morgan fingerprint density at radius 3 is 2.53 bits per heavy atom. The molecule has 0 aliphatic carbocycles. The van der Waals surface area contributed by atoms with E-state index in [2.05, 4.69) is 5.32 Å². The van der Waals surface area contributed by atoms with Gasteiger partial charge in [0, 0.05) is 19.5 Å². The van der Waals surface area contributed by atoms with Crippen LogP contribution in [0.1, 0.15) is 40.1 Å². The molecule has 0 atom stereocenters. The van der Waals surface area contributed by atoms with Gasteiger partial charge in [-0.3, -0.25) is 4.79 Å². The van der Waals surface area contributed by atoms with Crippen LogP contribution in [-0.4, -0.2) is 50.8 Å². The normalized spacial score (nSPS) is 14.6. The van der Waals surface area contributed by atoms with Gasteiger partial charge in [-0.1, -0.05) is 29.8 Å². The van der Waals surface area contributed by atoms with E-state index in [1.807, 2.05) is 31.2 Å². The monoisotopic (exact) mass is 450 g/mol. The Bertz CT molecular complexity index is 977. The van der Waals surface area contributed by atoms with E-state index in [0.717, 1.165) is 29.7 Å². The zero-order chi connectivity index (χ0) is 21.6. The maximum atomic E-state index is 12.7. The molecule has 0 saturated carbocycles. The van der Waals surface area contributed by atoms with Crippen molar-refractivity contribution < 1.29 is 22.7 Å². The number of esters is 1. The molecule has 1 N–H and O–H groups in total. The van der Waals surface area contributed by atoms with Crippen LogP contribution in [0.2, 0.25) is 0 Å². The van der Waals surface area contributed by atoms with Crippen molar-refractivity contribution in [3.05, 3.63) is 51.7 Å². The highest BCUT2D eigenvalue weighted by molar-refractivity contribution is 7.89. The highest BCUT2D eigenvalue weighted by Gasteiger charge is 2.32.